The number of hydrogen-bond donors (Lipinski definition) is 6. The highest BCUT2D eigenvalue weighted by molar-refractivity contribution is 7.92. The summed E-state index contributed by atoms with van der Waals surface area (Å²) >= 11 is 0. The Kier molecular flexibility index (Phi) is 9.83. The van der Waals surface area contributed by atoms with Crippen LogP contribution in [0, 0.1) is 13.8 Å². The average molecular weight is 570 g/mol. The van der Waals surface area contributed by atoms with Crippen molar-refractivity contribution in [1.82, 2.24) is 10.6 Å². The molecule has 0 fully saturated rings. The maximum absolute atomic E-state index is 12.7. The molecule has 10 heteroatoms. The highest BCUT2D eigenvalue weighted by Crippen LogP contribution is 2.28. The van der Waals surface area contributed by atoms with Crippen molar-refractivity contribution in [3.63, 3.8) is 0 Å². The number of aromatic hydroxyl groups is 2. The first kappa shape index (κ1) is 30.9. The molecule has 0 saturated heterocycles. The number of phenolic OH excluding ortho intramolecular Hbond substituents is 2. The number of nitrogens with one attached hydrogen (secondary N) is 3. The van der Waals surface area contributed by atoms with Crippen molar-refractivity contribution >= 4 is 21.6 Å². The van der Waals surface area contributed by atoms with Gasteiger partial charge in [0.05, 0.1) is 24.5 Å². The lowest BCUT2D eigenvalue weighted by Gasteiger charge is -2.28. The Morgan fingerprint density at radius 1 is 0.975 bits per heavy atom. The molecule has 0 bridgehead atoms. The summed E-state index contributed by atoms with van der Waals surface area (Å²) < 4.78 is 25.3. The van der Waals surface area contributed by atoms with Crippen LogP contribution in [0.5, 0.6) is 11.5 Å². The summed E-state index contributed by atoms with van der Waals surface area (Å²) in [5.41, 5.74) is 4.83. The largest absolute Gasteiger partial charge is 0.508 e. The maximum atomic E-state index is 12.7. The fraction of sp³-hybridized carbons (Fsp3) is 0.367. The number of carbonyl (C=O) groups excluding carboxylic acids is 1. The molecule has 216 valence electrons. The molecule has 3 aromatic carbocycles. The fourth-order valence-electron chi connectivity index (χ4n) is 4.64. The second-order valence-electron chi connectivity index (χ2n) is 10.9. The minimum Gasteiger partial charge on any atom is -0.508 e. The number of benzene rings is 3. The Bertz CT molecular complexity index is 1450. The molecule has 1 atom stereocenters. The number of aliphatic hydroxyl groups excluding tert-OH is 1. The predicted octanol–water partition coefficient (Wildman–Crippen LogP) is 3.59. The smallest absolute Gasteiger partial charge is 0.229 e. The van der Waals surface area contributed by atoms with Crippen LogP contribution in [0.25, 0.3) is 0 Å². The normalized spacial score (nSPS) is 12.7. The Hall–Kier alpha value is -3.60. The summed E-state index contributed by atoms with van der Waals surface area (Å²) in [5, 5.41) is 36.7. The molecule has 9 nitrogen and oxygen atoms in total. The van der Waals surface area contributed by atoms with Crippen molar-refractivity contribution < 1.29 is 28.5 Å². The number of carbonyl (C=O) groups is 1. The van der Waals surface area contributed by atoms with Crippen LogP contribution >= 0.6 is 0 Å². The van der Waals surface area contributed by atoms with Crippen molar-refractivity contribution in [3.8, 4) is 11.5 Å². The van der Waals surface area contributed by atoms with Crippen molar-refractivity contribution in [2.45, 2.75) is 58.7 Å². The topological polar surface area (TPSA) is 148 Å². The van der Waals surface area contributed by atoms with Gasteiger partial charge in [0.1, 0.15) is 11.5 Å². The molecule has 0 aromatic heterocycles. The zero-order valence-corrected chi connectivity index (χ0v) is 24.4. The van der Waals surface area contributed by atoms with Gasteiger partial charge in [-0.15, -0.1) is 0 Å². The average Bonchev–Trinajstić information content (AvgIpc) is 2.82. The van der Waals surface area contributed by atoms with Crippen LogP contribution in [0.3, 0.4) is 0 Å². The molecule has 6 N–H and O–H groups in total. The molecule has 1 amide bonds. The molecule has 3 aromatic rings. The van der Waals surface area contributed by atoms with Crippen molar-refractivity contribution in [2.24, 2.45) is 0 Å². The third-order valence-electron chi connectivity index (χ3n) is 6.62. The predicted molar refractivity (Wildman–Crippen MR) is 157 cm³/mol. The zero-order valence-electron chi connectivity index (χ0n) is 23.6. The van der Waals surface area contributed by atoms with Crippen LogP contribution in [0.2, 0.25) is 0 Å². The van der Waals surface area contributed by atoms with Gasteiger partial charge in [0.2, 0.25) is 15.9 Å². The molecule has 0 aliphatic heterocycles. The number of amides is 1. The number of β-amino-alcohol motifs (C(OH)–C–C–N with tert-alkyl or cyclic N) is 1. The number of anilines is 1. The molecule has 0 saturated carbocycles. The van der Waals surface area contributed by atoms with Crippen molar-refractivity contribution in [1.29, 1.82) is 0 Å². The van der Waals surface area contributed by atoms with Gasteiger partial charge >= 0.3 is 0 Å². The minimum atomic E-state index is -3.59. The van der Waals surface area contributed by atoms with Crippen LogP contribution in [0.4, 0.5) is 5.69 Å². The number of aryl methyl sites for hydroxylation is 2. The summed E-state index contributed by atoms with van der Waals surface area (Å²) in [7, 11) is -3.59. The summed E-state index contributed by atoms with van der Waals surface area (Å²) in [6.07, 6.45) is 0.926. The van der Waals surface area contributed by atoms with E-state index in [1.54, 1.807) is 18.2 Å². The van der Waals surface area contributed by atoms with Gasteiger partial charge < -0.3 is 26.0 Å². The van der Waals surface area contributed by atoms with E-state index in [0.29, 0.717) is 18.5 Å². The van der Waals surface area contributed by atoms with Gasteiger partial charge in [-0.05, 0) is 91.8 Å². The van der Waals surface area contributed by atoms with Crippen molar-refractivity contribution in [2.75, 3.05) is 17.5 Å². The van der Waals surface area contributed by atoms with Crippen LogP contribution in [-0.2, 0) is 34.2 Å². The second kappa shape index (κ2) is 12.7. The van der Waals surface area contributed by atoms with Crippen LogP contribution in [0.1, 0.15) is 53.3 Å². The summed E-state index contributed by atoms with van der Waals surface area (Å²) in [6, 6.07) is 15.5. The van der Waals surface area contributed by atoms with E-state index in [4.69, 9.17) is 0 Å². The Labute approximate surface area is 236 Å². The highest BCUT2D eigenvalue weighted by atomic mass is 32.2. The fourth-order valence-corrected chi connectivity index (χ4v) is 5.20. The van der Waals surface area contributed by atoms with E-state index in [1.807, 2.05) is 52.0 Å². The number of sulfonamides is 1. The van der Waals surface area contributed by atoms with Gasteiger partial charge in [-0.3, -0.25) is 9.52 Å². The van der Waals surface area contributed by atoms with Gasteiger partial charge in [0.25, 0.3) is 0 Å². The number of phenols is 2. The van der Waals surface area contributed by atoms with Crippen LogP contribution in [0.15, 0.2) is 54.6 Å². The highest BCUT2D eigenvalue weighted by Gasteiger charge is 2.21. The molecular weight excluding hydrogens is 530 g/mol. The van der Waals surface area contributed by atoms with Gasteiger partial charge in [-0.1, -0.05) is 30.3 Å². The lowest BCUT2D eigenvalue weighted by atomic mass is 9.93. The Balaban J connectivity index is 1.57. The Morgan fingerprint density at radius 2 is 1.62 bits per heavy atom. The summed E-state index contributed by atoms with van der Waals surface area (Å²) in [4.78, 5) is 12.7. The molecule has 0 aliphatic carbocycles. The molecule has 40 heavy (non-hydrogen) atoms. The Morgan fingerprint density at radius 3 is 2.27 bits per heavy atom. The molecule has 0 radical (unpaired) electrons. The molecule has 0 heterocycles. The lowest BCUT2D eigenvalue weighted by molar-refractivity contribution is -0.120. The van der Waals surface area contributed by atoms with E-state index < -0.39 is 21.7 Å². The van der Waals surface area contributed by atoms with E-state index in [9.17, 15) is 28.5 Å². The first-order valence-corrected chi connectivity index (χ1v) is 14.9. The third kappa shape index (κ3) is 9.25. The SMILES string of the molecule is Cc1cc(O)cc(C)c1CNC(=O)Cc1cccc(CC(C)(C)NC[C@H](O)c2ccc(O)c(NS(C)(=O)=O)c2)c1. The summed E-state index contributed by atoms with van der Waals surface area (Å²) in [6.45, 7) is 8.43. The van der Waals surface area contributed by atoms with Crippen molar-refractivity contribution in [3.05, 3.63) is 88.0 Å². The quantitative estimate of drug-likeness (QED) is 0.183. The first-order valence-electron chi connectivity index (χ1n) is 13.0. The number of hydrogen-bond acceptors (Lipinski definition) is 7. The zero-order chi connectivity index (χ0) is 29.7. The number of aliphatic hydroxyl groups is 1. The van der Waals surface area contributed by atoms with Crippen LogP contribution < -0.4 is 15.4 Å². The maximum Gasteiger partial charge on any atom is 0.229 e. The lowest BCUT2D eigenvalue weighted by Crippen LogP contribution is -2.43. The van der Waals surface area contributed by atoms with Gasteiger partial charge in [0.15, 0.2) is 0 Å². The molecular formula is C30H39N3O6S. The monoisotopic (exact) mass is 569 g/mol. The van der Waals surface area contributed by atoms with Crippen LogP contribution in [-0.4, -0.2) is 48.0 Å². The minimum absolute atomic E-state index is 0.00694. The van der Waals surface area contributed by atoms with E-state index in [2.05, 4.69) is 15.4 Å². The summed E-state index contributed by atoms with van der Waals surface area (Å²) in [5.74, 6) is -0.109. The van der Waals surface area contributed by atoms with E-state index >= 15 is 0 Å². The molecule has 3 rings (SSSR count). The van der Waals surface area contributed by atoms with E-state index in [1.165, 1.54) is 12.1 Å². The van der Waals surface area contributed by atoms with E-state index in [0.717, 1.165) is 34.1 Å². The second-order valence-corrected chi connectivity index (χ2v) is 12.7. The number of rotatable bonds is 12. The molecule has 0 unspecified atom stereocenters. The van der Waals surface area contributed by atoms with E-state index in [-0.39, 0.29) is 36.1 Å². The molecule has 0 aliphatic rings. The molecule has 0 spiro atoms. The van der Waals surface area contributed by atoms with Gasteiger partial charge in [-0.25, -0.2) is 8.42 Å². The van der Waals surface area contributed by atoms with Gasteiger partial charge in [0, 0.05) is 18.6 Å². The van der Waals surface area contributed by atoms with Gasteiger partial charge in [-0.2, -0.15) is 0 Å². The first-order chi connectivity index (χ1) is 18.6. The standard InChI is InChI=1S/C30H39N3O6S/c1-19-11-24(34)12-20(2)25(19)17-31-29(37)14-21-7-6-8-22(13-21)16-30(3,4)32-18-28(36)23-9-10-27(35)26(15-23)33-40(5,38)39/h6-13,15,28,32-36H,14,16-18H2,1-5H3,(H,31,37)/t28-/m0/s1. The third-order valence-corrected chi connectivity index (χ3v) is 7.21.